The van der Waals surface area contributed by atoms with Crippen molar-refractivity contribution in [1.82, 2.24) is 16.0 Å². The lowest BCUT2D eigenvalue weighted by molar-refractivity contribution is -0.120. The first-order chi connectivity index (χ1) is 9.97. The van der Waals surface area contributed by atoms with Gasteiger partial charge in [-0.05, 0) is 32.0 Å². The van der Waals surface area contributed by atoms with Crippen LogP contribution in [0.3, 0.4) is 0 Å². The Morgan fingerprint density at radius 3 is 2.57 bits per heavy atom. The highest BCUT2D eigenvalue weighted by atomic mass is 16.2. The van der Waals surface area contributed by atoms with Gasteiger partial charge in [-0.15, -0.1) is 0 Å². The minimum Gasteiger partial charge on any atom is -0.374 e. The van der Waals surface area contributed by atoms with Gasteiger partial charge in [0.15, 0.2) is 0 Å². The van der Waals surface area contributed by atoms with E-state index in [2.05, 4.69) is 21.3 Å². The Hall–Kier alpha value is -2.57. The summed E-state index contributed by atoms with van der Waals surface area (Å²) in [4.78, 5) is 34.6. The Morgan fingerprint density at radius 1 is 1.24 bits per heavy atom. The molecule has 0 bridgehead atoms. The van der Waals surface area contributed by atoms with Gasteiger partial charge in [0, 0.05) is 24.8 Å². The van der Waals surface area contributed by atoms with Crippen LogP contribution in [-0.2, 0) is 4.79 Å². The highest BCUT2D eigenvalue weighted by molar-refractivity contribution is 5.98. The van der Waals surface area contributed by atoms with Crippen LogP contribution in [0.4, 0.5) is 10.5 Å². The summed E-state index contributed by atoms with van der Waals surface area (Å²) in [7, 11) is 1.55. The van der Waals surface area contributed by atoms with Gasteiger partial charge in [-0.25, -0.2) is 4.79 Å². The molecule has 0 radical (unpaired) electrons. The van der Waals surface area contributed by atoms with Crippen LogP contribution in [0.15, 0.2) is 24.3 Å². The van der Waals surface area contributed by atoms with Crippen LogP contribution in [0.25, 0.3) is 0 Å². The van der Waals surface area contributed by atoms with Gasteiger partial charge < -0.3 is 16.0 Å². The van der Waals surface area contributed by atoms with Crippen LogP contribution in [0.2, 0.25) is 0 Å². The molecule has 0 fully saturated rings. The highest BCUT2D eigenvalue weighted by Crippen LogP contribution is 2.11. The van der Waals surface area contributed by atoms with E-state index in [1.54, 1.807) is 45.2 Å². The van der Waals surface area contributed by atoms with Gasteiger partial charge in [0.25, 0.3) is 5.91 Å². The average molecular weight is 292 g/mol. The first-order valence-electron chi connectivity index (χ1n) is 6.65. The molecule has 0 saturated carbocycles. The Labute approximate surface area is 123 Å². The third kappa shape index (κ3) is 5.13. The molecular formula is C14H20N4O3. The second-order valence-electron chi connectivity index (χ2n) is 4.37. The van der Waals surface area contributed by atoms with E-state index in [4.69, 9.17) is 0 Å². The third-order valence-corrected chi connectivity index (χ3v) is 2.70. The summed E-state index contributed by atoms with van der Waals surface area (Å²) in [5, 5.41) is 10.2. The molecule has 114 valence electrons. The van der Waals surface area contributed by atoms with E-state index in [9.17, 15) is 14.4 Å². The standard InChI is InChI=1S/C14H20N4O3/c1-4-16-14(21)18-12(19)9(2)17-11-7-5-6-10(8-11)13(20)15-3/h5-9,17H,4H2,1-3H3,(H,15,20)(H2,16,18,19,21)/t9-/m0/s1. The van der Waals surface area contributed by atoms with E-state index in [-0.39, 0.29) is 5.91 Å². The van der Waals surface area contributed by atoms with E-state index in [0.29, 0.717) is 17.8 Å². The van der Waals surface area contributed by atoms with Crippen molar-refractivity contribution in [3.8, 4) is 0 Å². The number of imide groups is 1. The number of urea groups is 1. The van der Waals surface area contributed by atoms with E-state index in [1.807, 2.05) is 0 Å². The average Bonchev–Trinajstić information content (AvgIpc) is 2.46. The Morgan fingerprint density at radius 2 is 1.95 bits per heavy atom. The van der Waals surface area contributed by atoms with Crippen molar-refractivity contribution in [3.05, 3.63) is 29.8 Å². The zero-order valence-electron chi connectivity index (χ0n) is 12.3. The van der Waals surface area contributed by atoms with Crippen molar-refractivity contribution in [2.45, 2.75) is 19.9 Å². The van der Waals surface area contributed by atoms with Crippen molar-refractivity contribution in [3.63, 3.8) is 0 Å². The van der Waals surface area contributed by atoms with Crippen molar-refractivity contribution in [1.29, 1.82) is 0 Å². The van der Waals surface area contributed by atoms with Crippen molar-refractivity contribution in [2.75, 3.05) is 18.9 Å². The number of rotatable bonds is 5. The first kappa shape index (κ1) is 16.5. The normalized spacial score (nSPS) is 11.2. The summed E-state index contributed by atoms with van der Waals surface area (Å²) in [5.41, 5.74) is 1.11. The topological polar surface area (TPSA) is 99.3 Å². The van der Waals surface area contributed by atoms with Gasteiger partial charge >= 0.3 is 6.03 Å². The molecule has 4 amide bonds. The molecule has 4 N–H and O–H groups in total. The minimum atomic E-state index is -0.618. The number of anilines is 1. The molecule has 0 aliphatic heterocycles. The number of amides is 4. The van der Waals surface area contributed by atoms with Gasteiger partial charge in [-0.2, -0.15) is 0 Å². The second kappa shape index (κ2) is 7.88. The summed E-state index contributed by atoms with van der Waals surface area (Å²) < 4.78 is 0. The van der Waals surface area contributed by atoms with Gasteiger partial charge in [0.2, 0.25) is 5.91 Å². The predicted molar refractivity (Wildman–Crippen MR) is 80.1 cm³/mol. The molecule has 21 heavy (non-hydrogen) atoms. The first-order valence-corrected chi connectivity index (χ1v) is 6.65. The van der Waals surface area contributed by atoms with Crippen LogP contribution in [-0.4, -0.2) is 37.5 Å². The zero-order valence-corrected chi connectivity index (χ0v) is 12.3. The smallest absolute Gasteiger partial charge is 0.321 e. The lowest BCUT2D eigenvalue weighted by Gasteiger charge is -2.15. The van der Waals surface area contributed by atoms with E-state index in [1.165, 1.54) is 0 Å². The van der Waals surface area contributed by atoms with Gasteiger partial charge in [-0.3, -0.25) is 14.9 Å². The maximum Gasteiger partial charge on any atom is 0.321 e. The molecule has 0 aromatic heterocycles. The highest BCUT2D eigenvalue weighted by Gasteiger charge is 2.15. The predicted octanol–water partition coefficient (Wildman–Crippen LogP) is 0.692. The van der Waals surface area contributed by atoms with Crippen molar-refractivity contribution in [2.24, 2.45) is 0 Å². The summed E-state index contributed by atoms with van der Waals surface area (Å²) in [6, 6.07) is 5.60. The lowest BCUT2D eigenvalue weighted by atomic mass is 10.1. The number of nitrogens with one attached hydrogen (secondary N) is 4. The molecule has 1 atom stereocenters. The monoisotopic (exact) mass is 292 g/mol. The zero-order chi connectivity index (χ0) is 15.8. The Kier molecular flexibility index (Phi) is 6.19. The molecule has 0 unspecified atom stereocenters. The lowest BCUT2D eigenvalue weighted by Crippen LogP contribution is -2.45. The van der Waals surface area contributed by atoms with Crippen LogP contribution >= 0.6 is 0 Å². The van der Waals surface area contributed by atoms with Crippen molar-refractivity contribution >= 4 is 23.5 Å². The Balaban J connectivity index is 2.66. The molecule has 0 aliphatic carbocycles. The Bertz CT molecular complexity index is 531. The molecule has 0 spiro atoms. The summed E-state index contributed by atoms with van der Waals surface area (Å²) in [6.07, 6.45) is 0. The number of carbonyl (C=O) groups is 3. The molecule has 0 saturated heterocycles. The summed E-state index contributed by atoms with van der Waals surface area (Å²) in [6.45, 7) is 3.83. The number of hydrogen-bond acceptors (Lipinski definition) is 4. The van der Waals surface area contributed by atoms with E-state index >= 15 is 0 Å². The SMILES string of the molecule is CCNC(=O)NC(=O)[C@H](C)Nc1cccc(C(=O)NC)c1. The molecule has 1 rings (SSSR count). The van der Waals surface area contributed by atoms with E-state index in [0.717, 1.165) is 0 Å². The fourth-order valence-corrected chi connectivity index (χ4v) is 1.64. The summed E-state index contributed by atoms with van der Waals surface area (Å²) in [5.74, 6) is -0.663. The molecule has 0 aliphatic rings. The number of carbonyl (C=O) groups excluding carboxylic acids is 3. The molecule has 1 aromatic carbocycles. The minimum absolute atomic E-state index is 0.210. The molecule has 7 nitrogen and oxygen atoms in total. The second-order valence-corrected chi connectivity index (χ2v) is 4.37. The quantitative estimate of drug-likeness (QED) is 0.641. The van der Waals surface area contributed by atoms with Gasteiger partial charge in [0.1, 0.15) is 6.04 Å². The van der Waals surface area contributed by atoms with Crippen LogP contribution < -0.4 is 21.3 Å². The summed E-state index contributed by atoms with van der Waals surface area (Å²) >= 11 is 0. The maximum absolute atomic E-state index is 11.8. The van der Waals surface area contributed by atoms with Crippen LogP contribution in [0.5, 0.6) is 0 Å². The van der Waals surface area contributed by atoms with Gasteiger partial charge in [-0.1, -0.05) is 6.07 Å². The molecular weight excluding hydrogens is 272 g/mol. The molecule has 7 heteroatoms. The maximum atomic E-state index is 11.8. The largest absolute Gasteiger partial charge is 0.374 e. The number of benzene rings is 1. The molecule has 1 aromatic rings. The fourth-order valence-electron chi connectivity index (χ4n) is 1.64. The fraction of sp³-hybridized carbons (Fsp3) is 0.357. The van der Waals surface area contributed by atoms with Crippen LogP contribution in [0.1, 0.15) is 24.2 Å². The van der Waals surface area contributed by atoms with Crippen LogP contribution in [0, 0.1) is 0 Å². The van der Waals surface area contributed by atoms with Gasteiger partial charge in [0.05, 0.1) is 0 Å². The number of hydrogen-bond donors (Lipinski definition) is 4. The van der Waals surface area contributed by atoms with E-state index < -0.39 is 18.0 Å². The molecule has 0 heterocycles. The third-order valence-electron chi connectivity index (χ3n) is 2.70. The van der Waals surface area contributed by atoms with Crippen molar-refractivity contribution < 1.29 is 14.4 Å².